The highest BCUT2D eigenvalue weighted by Crippen LogP contribution is 2.10. The molecule has 0 aliphatic heterocycles. The first-order valence-corrected chi connectivity index (χ1v) is 7.35. The Morgan fingerprint density at radius 2 is 2.09 bits per heavy atom. The highest BCUT2D eigenvalue weighted by molar-refractivity contribution is 5.94. The number of carbonyl (C=O) groups excluding carboxylic acids is 1. The van der Waals surface area contributed by atoms with Crippen LogP contribution in [0.25, 0.3) is 0 Å². The molecule has 0 aliphatic carbocycles. The summed E-state index contributed by atoms with van der Waals surface area (Å²) in [7, 11) is 0. The van der Waals surface area contributed by atoms with Crippen molar-refractivity contribution < 1.29 is 9.90 Å². The van der Waals surface area contributed by atoms with Crippen LogP contribution in [0.2, 0.25) is 0 Å². The number of tetrazole rings is 1. The summed E-state index contributed by atoms with van der Waals surface area (Å²) in [6.07, 6.45) is 2.44. The molecule has 22 heavy (non-hydrogen) atoms. The highest BCUT2D eigenvalue weighted by Gasteiger charge is 2.18. The van der Waals surface area contributed by atoms with Crippen LogP contribution in [0, 0.1) is 5.92 Å². The van der Waals surface area contributed by atoms with E-state index in [1.165, 1.54) is 0 Å². The van der Waals surface area contributed by atoms with Crippen molar-refractivity contribution in [3.8, 4) is 0 Å². The lowest BCUT2D eigenvalue weighted by Gasteiger charge is -2.22. The van der Waals surface area contributed by atoms with Crippen molar-refractivity contribution >= 4 is 5.91 Å². The zero-order valence-electron chi connectivity index (χ0n) is 12.8. The number of rotatable bonds is 7. The van der Waals surface area contributed by atoms with Gasteiger partial charge in [0.15, 0.2) is 0 Å². The molecule has 0 radical (unpaired) electrons. The van der Waals surface area contributed by atoms with Gasteiger partial charge in [0.2, 0.25) is 0 Å². The molecule has 7 nitrogen and oxygen atoms in total. The smallest absolute Gasteiger partial charge is 0.251 e. The minimum absolute atomic E-state index is 0.0574. The molecule has 0 saturated carbocycles. The summed E-state index contributed by atoms with van der Waals surface area (Å²) < 4.78 is 1.61. The summed E-state index contributed by atoms with van der Waals surface area (Å²) in [6, 6.07) is 7.04. The Labute approximate surface area is 129 Å². The van der Waals surface area contributed by atoms with Crippen LogP contribution in [0.5, 0.6) is 0 Å². The van der Waals surface area contributed by atoms with Gasteiger partial charge in [-0.15, -0.1) is 5.10 Å². The lowest BCUT2D eigenvalue weighted by molar-refractivity contribution is 0.0891. The van der Waals surface area contributed by atoms with Gasteiger partial charge in [0.1, 0.15) is 6.33 Å². The normalized spacial score (nSPS) is 13.6. The Morgan fingerprint density at radius 1 is 1.36 bits per heavy atom. The molecule has 1 heterocycles. The van der Waals surface area contributed by atoms with Gasteiger partial charge in [-0.2, -0.15) is 0 Å². The molecular weight excluding hydrogens is 282 g/mol. The van der Waals surface area contributed by atoms with Crippen molar-refractivity contribution in [2.45, 2.75) is 32.9 Å². The third kappa shape index (κ3) is 4.11. The van der Waals surface area contributed by atoms with Crippen molar-refractivity contribution in [1.82, 2.24) is 25.5 Å². The lowest BCUT2D eigenvalue weighted by Crippen LogP contribution is -2.41. The van der Waals surface area contributed by atoms with Crippen LogP contribution in [0.15, 0.2) is 30.6 Å². The predicted octanol–water partition coefficient (Wildman–Crippen LogP) is 0.858. The summed E-state index contributed by atoms with van der Waals surface area (Å²) in [5.74, 6) is 0.0568. The third-order valence-corrected chi connectivity index (χ3v) is 3.80. The zero-order valence-corrected chi connectivity index (χ0v) is 12.8. The Hall–Kier alpha value is -2.28. The van der Waals surface area contributed by atoms with Crippen molar-refractivity contribution in [3.63, 3.8) is 0 Å². The summed E-state index contributed by atoms with van der Waals surface area (Å²) in [5, 5.41) is 23.2. The first kappa shape index (κ1) is 16.1. The first-order valence-electron chi connectivity index (χ1n) is 7.35. The number of hydrogen-bond acceptors (Lipinski definition) is 5. The van der Waals surface area contributed by atoms with Gasteiger partial charge in [-0.1, -0.05) is 32.4 Å². The van der Waals surface area contributed by atoms with Crippen LogP contribution < -0.4 is 5.32 Å². The molecule has 2 N–H and O–H groups in total. The molecule has 2 rings (SSSR count). The molecule has 2 atom stereocenters. The van der Waals surface area contributed by atoms with E-state index in [-0.39, 0.29) is 24.5 Å². The van der Waals surface area contributed by atoms with E-state index in [2.05, 4.69) is 20.8 Å². The molecule has 0 bridgehead atoms. The number of nitrogens with one attached hydrogen (secondary N) is 1. The molecule has 1 amide bonds. The molecule has 118 valence electrons. The molecule has 0 saturated heterocycles. The fraction of sp³-hybridized carbons (Fsp3) is 0.467. The van der Waals surface area contributed by atoms with E-state index in [4.69, 9.17) is 0 Å². The number of aliphatic hydroxyl groups excluding tert-OH is 1. The van der Waals surface area contributed by atoms with Crippen molar-refractivity contribution in [2.75, 3.05) is 6.61 Å². The lowest BCUT2D eigenvalue weighted by atomic mass is 9.99. The summed E-state index contributed by atoms with van der Waals surface area (Å²) in [4.78, 5) is 12.2. The van der Waals surface area contributed by atoms with E-state index < -0.39 is 0 Å². The minimum atomic E-state index is -0.224. The maximum absolute atomic E-state index is 12.2. The second-order valence-corrected chi connectivity index (χ2v) is 5.35. The Kier molecular flexibility index (Phi) is 5.60. The number of hydrogen-bond donors (Lipinski definition) is 2. The van der Waals surface area contributed by atoms with Gasteiger partial charge in [0.25, 0.3) is 5.91 Å². The Balaban J connectivity index is 1.98. The molecule has 0 fully saturated rings. The summed E-state index contributed by atoms with van der Waals surface area (Å²) in [5.41, 5.74) is 1.58. The molecule has 0 spiro atoms. The largest absolute Gasteiger partial charge is 0.394 e. The average Bonchev–Trinajstić information content (AvgIpc) is 3.05. The fourth-order valence-electron chi connectivity index (χ4n) is 2.11. The van der Waals surface area contributed by atoms with Gasteiger partial charge in [0.05, 0.1) is 19.2 Å². The monoisotopic (exact) mass is 303 g/mol. The van der Waals surface area contributed by atoms with Gasteiger partial charge >= 0.3 is 0 Å². The fourth-order valence-corrected chi connectivity index (χ4v) is 2.11. The van der Waals surface area contributed by atoms with Gasteiger partial charge in [-0.05, 0) is 34.0 Å². The topological polar surface area (TPSA) is 92.9 Å². The van der Waals surface area contributed by atoms with Gasteiger partial charge in [-0.25, -0.2) is 4.68 Å². The zero-order chi connectivity index (χ0) is 15.9. The van der Waals surface area contributed by atoms with E-state index in [0.29, 0.717) is 12.1 Å². The van der Waals surface area contributed by atoms with Gasteiger partial charge < -0.3 is 10.4 Å². The second-order valence-electron chi connectivity index (χ2n) is 5.35. The minimum Gasteiger partial charge on any atom is -0.394 e. The number of aromatic nitrogens is 4. The van der Waals surface area contributed by atoms with E-state index in [9.17, 15) is 9.90 Å². The van der Waals surface area contributed by atoms with E-state index in [0.717, 1.165) is 12.0 Å². The summed E-state index contributed by atoms with van der Waals surface area (Å²) in [6.45, 7) is 4.54. The van der Waals surface area contributed by atoms with E-state index in [1.807, 2.05) is 26.0 Å². The molecule has 2 aromatic rings. The van der Waals surface area contributed by atoms with Crippen LogP contribution in [0.1, 0.15) is 36.2 Å². The SMILES string of the molecule is CC[C@@H](C)[C@@H](CO)NC(=O)c1ccc(Cn2cnnn2)cc1. The maximum Gasteiger partial charge on any atom is 0.251 e. The van der Waals surface area contributed by atoms with Crippen molar-refractivity contribution in [1.29, 1.82) is 0 Å². The standard InChI is InChI=1S/C15H21N5O2/c1-3-11(2)14(9-21)17-15(22)13-6-4-12(5-7-13)8-20-10-16-18-19-20/h4-7,10-11,14,21H,3,8-9H2,1-2H3,(H,17,22)/t11-,14-/m1/s1. The van der Waals surface area contributed by atoms with Crippen LogP contribution >= 0.6 is 0 Å². The van der Waals surface area contributed by atoms with Gasteiger partial charge in [-0.3, -0.25) is 4.79 Å². The molecule has 0 aliphatic rings. The molecule has 1 aromatic carbocycles. The Bertz CT molecular complexity index is 582. The van der Waals surface area contributed by atoms with Crippen LogP contribution in [-0.4, -0.2) is 43.9 Å². The van der Waals surface area contributed by atoms with Crippen LogP contribution in [-0.2, 0) is 6.54 Å². The number of nitrogens with zero attached hydrogens (tertiary/aromatic N) is 4. The second kappa shape index (κ2) is 7.65. The summed E-state index contributed by atoms with van der Waals surface area (Å²) >= 11 is 0. The molecule has 0 unspecified atom stereocenters. The number of benzene rings is 1. The molecular formula is C15H21N5O2. The van der Waals surface area contributed by atoms with Crippen molar-refractivity contribution in [2.24, 2.45) is 5.92 Å². The molecule has 1 aromatic heterocycles. The molecule has 7 heteroatoms. The Morgan fingerprint density at radius 3 is 2.64 bits per heavy atom. The number of carbonyl (C=O) groups is 1. The van der Waals surface area contributed by atoms with E-state index in [1.54, 1.807) is 23.1 Å². The third-order valence-electron chi connectivity index (χ3n) is 3.80. The van der Waals surface area contributed by atoms with Crippen molar-refractivity contribution in [3.05, 3.63) is 41.7 Å². The van der Waals surface area contributed by atoms with Crippen LogP contribution in [0.4, 0.5) is 0 Å². The quantitative estimate of drug-likeness (QED) is 0.791. The van der Waals surface area contributed by atoms with Crippen LogP contribution in [0.3, 0.4) is 0 Å². The highest BCUT2D eigenvalue weighted by atomic mass is 16.3. The van der Waals surface area contributed by atoms with Gasteiger partial charge in [0, 0.05) is 5.56 Å². The van der Waals surface area contributed by atoms with E-state index >= 15 is 0 Å². The average molecular weight is 303 g/mol. The maximum atomic E-state index is 12.2. The predicted molar refractivity (Wildman–Crippen MR) is 81.2 cm³/mol. The number of aliphatic hydroxyl groups is 1. The number of amides is 1. The first-order chi connectivity index (χ1) is 10.6.